The number of nitrogens with zero attached hydrogens (tertiary/aromatic N) is 2. The van der Waals surface area contributed by atoms with E-state index in [-0.39, 0.29) is 12.3 Å². The molecule has 3 aromatic rings. The number of thiazole rings is 1. The molecule has 1 saturated heterocycles. The van der Waals surface area contributed by atoms with Gasteiger partial charge < -0.3 is 14.8 Å². The highest BCUT2D eigenvalue weighted by Crippen LogP contribution is 2.32. The van der Waals surface area contributed by atoms with E-state index in [0.717, 1.165) is 66.1 Å². The Kier molecular flexibility index (Phi) is 7.30. The minimum atomic E-state index is -0.0654. The Morgan fingerprint density at radius 1 is 1.16 bits per heavy atom. The minimum absolute atomic E-state index is 0.0654. The maximum atomic E-state index is 12.7. The molecule has 7 heteroatoms. The van der Waals surface area contributed by atoms with Crippen molar-refractivity contribution in [1.82, 2.24) is 9.88 Å². The van der Waals surface area contributed by atoms with Crippen LogP contribution < -0.4 is 10.1 Å². The smallest absolute Gasteiger partial charge is 0.230 e. The van der Waals surface area contributed by atoms with Crippen LogP contribution in [-0.2, 0) is 22.5 Å². The highest BCUT2D eigenvalue weighted by atomic mass is 32.1. The minimum Gasteiger partial charge on any atom is -0.493 e. The third-order valence-corrected chi connectivity index (χ3v) is 6.02. The molecule has 6 nitrogen and oxygen atoms in total. The number of benzene rings is 2. The number of rotatable bonds is 8. The molecule has 0 atom stereocenters. The van der Waals surface area contributed by atoms with Crippen molar-refractivity contribution >= 4 is 22.9 Å². The van der Waals surface area contributed by atoms with Gasteiger partial charge in [-0.2, -0.15) is 0 Å². The monoisotopic (exact) mass is 437 g/mol. The number of carbonyl (C=O) groups excluding carboxylic acids is 1. The van der Waals surface area contributed by atoms with Crippen LogP contribution in [0.25, 0.3) is 10.6 Å². The standard InChI is InChI=1S/C24H27N3O3S/c1-2-30-22-10-6-4-8-20(22)24-25-19(17-31-24)15-23(28)26-21-9-5-3-7-18(21)16-27-11-13-29-14-12-27/h3-10,17H,2,11-16H2,1H3,(H,26,28). The predicted octanol–water partition coefficient (Wildman–Crippen LogP) is 4.22. The van der Waals surface area contributed by atoms with Crippen LogP contribution in [0, 0.1) is 0 Å². The van der Waals surface area contributed by atoms with Crippen LogP contribution >= 0.6 is 11.3 Å². The van der Waals surface area contributed by atoms with Gasteiger partial charge in [0.15, 0.2) is 0 Å². The van der Waals surface area contributed by atoms with E-state index in [1.54, 1.807) is 0 Å². The fourth-order valence-corrected chi connectivity index (χ4v) is 4.43. The van der Waals surface area contributed by atoms with E-state index in [1.165, 1.54) is 11.3 Å². The summed E-state index contributed by atoms with van der Waals surface area (Å²) in [5.74, 6) is 0.747. The summed E-state index contributed by atoms with van der Waals surface area (Å²) in [4.78, 5) is 19.8. The van der Waals surface area contributed by atoms with E-state index in [2.05, 4.69) is 21.3 Å². The lowest BCUT2D eigenvalue weighted by atomic mass is 10.1. The van der Waals surface area contributed by atoms with Crippen molar-refractivity contribution in [2.24, 2.45) is 0 Å². The molecule has 0 spiro atoms. The van der Waals surface area contributed by atoms with Crippen LogP contribution in [0.15, 0.2) is 53.9 Å². The number of para-hydroxylation sites is 2. The molecule has 1 aliphatic heterocycles. The molecule has 1 N–H and O–H groups in total. The van der Waals surface area contributed by atoms with Gasteiger partial charge >= 0.3 is 0 Å². The average Bonchev–Trinajstić information content (AvgIpc) is 3.24. The summed E-state index contributed by atoms with van der Waals surface area (Å²) in [7, 11) is 0. The van der Waals surface area contributed by atoms with Crippen LogP contribution in [0.5, 0.6) is 5.75 Å². The van der Waals surface area contributed by atoms with Crippen LogP contribution in [0.4, 0.5) is 5.69 Å². The molecule has 0 aliphatic carbocycles. The highest BCUT2D eigenvalue weighted by Gasteiger charge is 2.15. The molecular weight excluding hydrogens is 410 g/mol. The predicted molar refractivity (Wildman–Crippen MR) is 124 cm³/mol. The van der Waals surface area contributed by atoms with Crippen molar-refractivity contribution in [1.29, 1.82) is 0 Å². The second kappa shape index (κ2) is 10.5. The van der Waals surface area contributed by atoms with Gasteiger partial charge in [-0.05, 0) is 30.7 Å². The second-order valence-electron chi connectivity index (χ2n) is 7.34. The molecule has 31 heavy (non-hydrogen) atoms. The molecule has 0 radical (unpaired) electrons. The van der Waals surface area contributed by atoms with Crippen molar-refractivity contribution in [3.05, 3.63) is 65.2 Å². The number of aromatic nitrogens is 1. The maximum absolute atomic E-state index is 12.7. The molecule has 162 valence electrons. The van der Waals surface area contributed by atoms with Gasteiger partial charge in [0.05, 0.1) is 37.5 Å². The van der Waals surface area contributed by atoms with Crippen molar-refractivity contribution < 1.29 is 14.3 Å². The Labute approximate surface area is 186 Å². The number of amides is 1. The normalized spacial score (nSPS) is 14.4. The molecule has 4 rings (SSSR count). The molecule has 1 aliphatic rings. The lowest BCUT2D eigenvalue weighted by Crippen LogP contribution is -2.35. The van der Waals surface area contributed by atoms with Gasteiger partial charge in [0.25, 0.3) is 0 Å². The van der Waals surface area contributed by atoms with E-state index in [9.17, 15) is 4.79 Å². The first kappa shape index (κ1) is 21.5. The van der Waals surface area contributed by atoms with Crippen LogP contribution in [0.3, 0.4) is 0 Å². The van der Waals surface area contributed by atoms with Gasteiger partial charge in [0.2, 0.25) is 5.91 Å². The number of carbonyl (C=O) groups is 1. The van der Waals surface area contributed by atoms with Crippen molar-refractivity contribution in [2.45, 2.75) is 19.9 Å². The Morgan fingerprint density at radius 2 is 1.94 bits per heavy atom. The molecule has 0 bridgehead atoms. The fraction of sp³-hybridized carbons (Fsp3) is 0.333. The molecular formula is C24H27N3O3S. The van der Waals surface area contributed by atoms with E-state index in [4.69, 9.17) is 9.47 Å². The lowest BCUT2D eigenvalue weighted by molar-refractivity contribution is -0.115. The van der Waals surface area contributed by atoms with Crippen molar-refractivity contribution in [3.63, 3.8) is 0 Å². The summed E-state index contributed by atoms with van der Waals surface area (Å²) in [6, 6.07) is 15.8. The number of morpholine rings is 1. The Hall–Kier alpha value is -2.74. The topological polar surface area (TPSA) is 63.7 Å². The van der Waals surface area contributed by atoms with Gasteiger partial charge in [0.1, 0.15) is 10.8 Å². The third-order valence-electron chi connectivity index (χ3n) is 5.10. The number of hydrogen-bond acceptors (Lipinski definition) is 6. The SMILES string of the molecule is CCOc1ccccc1-c1nc(CC(=O)Nc2ccccc2CN2CCOCC2)cs1. The lowest BCUT2D eigenvalue weighted by Gasteiger charge is -2.27. The van der Waals surface area contributed by atoms with Crippen LogP contribution in [0.2, 0.25) is 0 Å². The summed E-state index contributed by atoms with van der Waals surface area (Å²) in [5, 5.41) is 5.87. The Bertz CT molecular complexity index is 1010. The van der Waals surface area contributed by atoms with Gasteiger partial charge in [-0.1, -0.05) is 30.3 Å². The van der Waals surface area contributed by atoms with Crippen molar-refractivity contribution in [3.8, 4) is 16.3 Å². The zero-order valence-electron chi connectivity index (χ0n) is 17.7. The first-order chi connectivity index (χ1) is 15.2. The zero-order chi connectivity index (χ0) is 21.5. The van der Waals surface area contributed by atoms with Gasteiger partial charge in [-0.25, -0.2) is 4.98 Å². The van der Waals surface area contributed by atoms with E-state index < -0.39 is 0 Å². The quantitative estimate of drug-likeness (QED) is 0.572. The summed E-state index contributed by atoms with van der Waals surface area (Å²) < 4.78 is 11.1. The van der Waals surface area contributed by atoms with E-state index in [0.29, 0.717) is 6.61 Å². The summed E-state index contributed by atoms with van der Waals surface area (Å²) >= 11 is 1.53. The average molecular weight is 438 g/mol. The molecule has 0 saturated carbocycles. The maximum Gasteiger partial charge on any atom is 0.230 e. The largest absolute Gasteiger partial charge is 0.493 e. The highest BCUT2D eigenvalue weighted by molar-refractivity contribution is 7.13. The second-order valence-corrected chi connectivity index (χ2v) is 8.20. The number of nitrogens with one attached hydrogen (secondary N) is 1. The first-order valence-corrected chi connectivity index (χ1v) is 11.5. The Balaban J connectivity index is 1.41. The third kappa shape index (κ3) is 5.70. The molecule has 0 unspecified atom stereocenters. The Morgan fingerprint density at radius 3 is 2.77 bits per heavy atom. The summed E-state index contributed by atoms with van der Waals surface area (Å²) in [6.07, 6.45) is 0.235. The van der Waals surface area contributed by atoms with Gasteiger partial charge in [0, 0.05) is 30.7 Å². The fourth-order valence-electron chi connectivity index (χ4n) is 3.58. The number of anilines is 1. The summed E-state index contributed by atoms with van der Waals surface area (Å²) in [5.41, 5.74) is 3.69. The van der Waals surface area contributed by atoms with E-state index >= 15 is 0 Å². The van der Waals surface area contributed by atoms with E-state index in [1.807, 2.05) is 54.8 Å². The molecule has 1 aromatic heterocycles. The van der Waals surface area contributed by atoms with Crippen molar-refractivity contribution in [2.75, 3.05) is 38.2 Å². The van der Waals surface area contributed by atoms with Crippen LogP contribution in [-0.4, -0.2) is 48.7 Å². The van der Waals surface area contributed by atoms with Gasteiger partial charge in [-0.15, -0.1) is 11.3 Å². The number of hydrogen-bond donors (Lipinski definition) is 1. The number of ether oxygens (including phenoxy) is 2. The molecule has 2 aromatic carbocycles. The first-order valence-electron chi connectivity index (χ1n) is 10.6. The molecule has 1 amide bonds. The summed E-state index contributed by atoms with van der Waals surface area (Å²) in [6.45, 7) is 6.70. The van der Waals surface area contributed by atoms with Gasteiger partial charge in [-0.3, -0.25) is 9.69 Å². The van der Waals surface area contributed by atoms with Crippen LogP contribution in [0.1, 0.15) is 18.2 Å². The molecule has 1 fully saturated rings. The zero-order valence-corrected chi connectivity index (χ0v) is 18.5. The molecule has 2 heterocycles.